The van der Waals surface area contributed by atoms with Crippen molar-refractivity contribution in [3.8, 4) is 0 Å². The van der Waals surface area contributed by atoms with E-state index >= 15 is 0 Å². The van der Waals surface area contributed by atoms with Crippen molar-refractivity contribution in [1.82, 2.24) is 10.3 Å². The highest BCUT2D eigenvalue weighted by Crippen LogP contribution is 2.35. The number of nitrogens with one attached hydrogen (secondary N) is 1. The lowest BCUT2D eigenvalue weighted by Gasteiger charge is -2.26. The largest absolute Gasteiger partial charge is 0.383 e. The van der Waals surface area contributed by atoms with Gasteiger partial charge in [-0.05, 0) is 43.6 Å². The van der Waals surface area contributed by atoms with Crippen LogP contribution in [-0.2, 0) is 11.3 Å². The second-order valence-electron chi connectivity index (χ2n) is 6.45. The number of rotatable bonds is 10. The van der Waals surface area contributed by atoms with Crippen molar-refractivity contribution in [2.45, 2.75) is 32.2 Å². The second kappa shape index (κ2) is 7.23. The van der Waals surface area contributed by atoms with Gasteiger partial charge >= 0.3 is 0 Å². The van der Waals surface area contributed by atoms with Crippen LogP contribution in [0.1, 0.15) is 31.2 Å². The number of methoxy groups -OCH3 is 1. The topological polar surface area (TPSA) is 37.4 Å². The molecule has 0 amide bonds. The van der Waals surface area contributed by atoms with Gasteiger partial charge in [0.25, 0.3) is 0 Å². The van der Waals surface area contributed by atoms with E-state index in [2.05, 4.69) is 16.3 Å². The zero-order valence-electron chi connectivity index (χ0n) is 13.1. The van der Waals surface area contributed by atoms with Gasteiger partial charge in [0.1, 0.15) is 5.82 Å². The number of aromatic nitrogens is 1. The quantitative estimate of drug-likeness (QED) is 0.671. The molecule has 0 bridgehead atoms. The zero-order valence-corrected chi connectivity index (χ0v) is 13.1. The lowest BCUT2D eigenvalue weighted by molar-refractivity contribution is 0.199. The minimum Gasteiger partial charge on any atom is -0.383 e. The van der Waals surface area contributed by atoms with Crippen LogP contribution in [0.25, 0.3) is 0 Å². The van der Waals surface area contributed by atoms with E-state index in [9.17, 15) is 0 Å². The van der Waals surface area contributed by atoms with Crippen molar-refractivity contribution in [3.63, 3.8) is 0 Å². The molecule has 2 fully saturated rings. The van der Waals surface area contributed by atoms with Gasteiger partial charge < -0.3 is 15.0 Å². The van der Waals surface area contributed by atoms with Gasteiger partial charge in [0.2, 0.25) is 0 Å². The van der Waals surface area contributed by atoms with Crippen LogP contribution in [0.15, 0.2) is 18.3 Å². The predicted octanol–water partition coefficient (Wildman–Crippen LogP) is 2.44. The van der Waals surface area contributed by atoms with E-state index < -0.39 is 0 Å². The Kier molecular flexibility index (Phi) is 5.09. The normalized spacial score (nSPS) is 18.0. The highest BCUT2D eigenvalue weighted by Gasteiger charge is 2.30. The molecule has 3 rings (SSSR count). The van der Waals surface area contributed by atoms with Gasteiger partial charge in [-0.25, -0.2) is 4.98 Å². The van der Waals surface area contributed by atoms with Crippen LogP contribution in [-0.4, -0.2) is 38.3 Å². The average molecular weight is 289 g/mol. The Labute approximate surface area is 127 Å². The van der Waals surface area contributed by atoms with Crippen molar-refractivity contribution < 1.29 is 4.74 Å². The highest BCUT2D eigenvalue weighted by molar-refractivity contribution is 5.47. The fourth-order valence-corrected chi connectivity index (χ4v) is 2.72. The SMILES string of the molecule is COCCNCc1cccnc1N(CC1CC1)CC1CC1. The number of hydrogen-bond donors (Lipinski definition) is 1. The molecule has 21 heavy (non-hydrogen) atoms. The lowest BCUT2D eigenvalue weighted by atomic mass is 10.2. The van der Waals surface area contributed by atoms with Crippen LogP contribution >= 0.6 is 0 Å². The third-order valence-corrected chi connectivity index (χ3v) is 4.32. The number of anilines is 1. The van der Waals surface area contributed by atoms with Crippen molar-refractivity contribution in [2.75, 3.05) is 38.3 Å². The standard InChI is InChI=1S/C17H27N3O/c1-21-10-9-18-11-16-3-2-8-19-17(16)20(12-14-4-5-14)13-15-6-7-15/h2-3,8,14-15,18H,4-7,9-13H2,1H3. The van der Waals surface area contributed by atoms with Gasteiger partial charge in [0, 0.05) is 45.0 Å². The van der Waals surface area contributed by atoms with E-state index in [1.807, 2.05) is 12.3 Å². The predicted molar refractivity (Wildman–Crippen MR) is 85.5 cm³/mol. The summed E-state index contributed by atoms with van der Waals surface area (Å²) in [4.78, 5) is 7.24. The van der Waals surface area contributed by atoms with Crippen molar-refractivity contribution >= 4 is 5.82 Å². The Bertz CT molecular complexity index is 429. The molecule has 0 saturated heterocycles. The zero-order chi connectivity index (χ0) is 14.5. The molecule has 4 heteroatoms. The molecule has 2 saturated carbocycles. The number of ether oxygens (including phenoxy) is 1. The third-order valence-electron chi connectivity index (χ3n) is 4.32. The molecule has 116 valence electrons. The van der Waals surface area contributed by atoms with E-state index in [1.165, 1.54) is 50.2 Å². The van der Waals surface area contributed by atoms with E-state index in [-0.39, 0.29) is 0 Å². The fourth-order valence-electron chi connectivity index (χ4n) is 2.72. The molecular formula is C17H27N3O. The van der Waals surface area contributed by atoms with Crippen molar-refractivity contribution in [1.29, 1.82) is 0 Å². The van der Waals surface area contributed by atoms with Crippen LogP contribution in [0.4, 0.5) is 5.82 Å². The summed E-state index contributed by atoms with van der Waals surface area (Å²) < 4.78 is 5.09. The number of pyridine rings is 1. The first-order valence-electron chi connectivity index (χ1n) is 8.25. The molecule has 0 spiro atoms. The Hall–Kier alpha value is -1.13. The van der Waals surface area contributed by atoms with E-state index in [4.69, 9.17) is 9.72 Å². The molecular weight excluding hydrogens is 262 g/mol. The molecule has 0 unspecified atom stereocenters. The van der Waals surface area contributed by atoms with E-state index in [0.717, 1.165) is 31.5 Å². The second-order valence-corrected chi connectivity index (χ2v) is 6.45. The number of hydrogen-bond acceptors (Lipinski definition) is 4. The molecule has 0 atom stereocenters. The molecule has 0 aliphatic heterocycles. The van der Waals surface area contributed by atoms with Gasteiger partial charge in [0.15, 0.2) is 0 Å². The summed E-state index contributed by atoms with van der Waals surface area (Å²) in [6.45, 7) is 4.90. The first-order chi connectivity index (χ1) is 10.4. The van der Waals surface area contributed by atoms with E-state index in [0.29, 0.717) is 0 Å². The molecule has 1 aromatic rings. The van der Waals surface area contributed by atoms with Crippen LogP contribution in [0.2, 0.25) is 0 Å². The maximum absolute atomic E-state index is 5.09. The number of nitrogens with zero attached hydrogens (tertiary/aromatic N) is 2. The van der Waals surface area contributed by atoms with Crippen LogP contribution in [0, 0.1) is 11.8 Å². The van der Waals surface area contributed by atoms with Gasteiger partial charge in [-0.3, -0.25) is 0 Å². The summed E-state index contributed by atoms with van der Waals surface area (Å²) in [6, 6.07) is 4.25. The molecule has 2 aliphatic rings. The minimum absolute atomic E-state index is 0.753. The summed E-state index contributed by atoms with van der Waals surface area (Å²) in [5.74, 6) is 3.00. The monoisotopic (exact) mass is 289 g/mol. The van der Waals surface area contributed by atoms with Crippen molar-refractivity contribution in [3.05, 3.63) is 23.9 Å². The molecule has 0 aromatic carbocycles. The van der Waals surface area contributed by atoms with Gasteiger partial charge in [-0.2, -0.15) is 0 Å². The Balaban J connectivity index is 1.64. The summed E-state index contributed by atoms with van der Waals surface area (Å²) in [6.07, 6.45) is 7.52. The summed E-state index contributed by atoms with van der Waals surface area (Å²) >= 11 is 0. The maximum Gasteiger partial charge on any atom is 0.133 e. The smallest absolute Gasteiger partial charge is 0.133 e. The molecule has 2 aliphatic carbocycles. The lowest BCUT2D eigenvalue weighted by Crippen LogP contribution is -2.31. The summed E-state index contributed by atoms with van der Waals surface area (Å²) in [5.41, 5.74) is 1.31. The Morgan fingerprint density at radius 3 is 2.57 bits per heavy atom. The van der Waals surface area contributed by atoms with Gasteiger partial charge in [-0.15, -0.1) is 0 Å². The molecule has 1 heterocycles. The van der Waals surface area contributed by atoms with Gasteiger partial charge in [-0.1, -0.05) is 6.07 Å². The summed E-state index contributed by atoms with van der Waals surface area (Å²) in [7, 11) is 1.74. The Morgan fingerprint density at radius 2 is 1.95 bits per heavy atom. The summed E-state index contributed by atoms with van der Waals surface area (Å²) in [5, 5.41) is 3.44. The van der Waals surface area contributed by atoms with Crippen molar-refractivity contribution in [2.24, 2.45) is 11.8 Å². The minimum atomic E-state index is 0.753. The molecule has 1 aromatic heterocycles. The first kappa shape index (κ1) is 14.8. The Morgan fingerprint density at radius 1 is 1.24 bits per heavy atom. The van der Waals surface area contributed by atoms with Gasteiger partial charge in [0.05, 0.1) is 6.61 Å². The highest BCUT2D eigenvalue weighted by atomic mass is 16.5. The molecule has 1 N–H and O–H groups in total. The maximum atomic E-state index is 5.09. The van der Waals surface area contributed by atoms with E-state index in [1.54, 1.807) is 7.11 Å². The fraction of sp³-hybridized carbons (Fsp3) is 0.706. The molecule has 4 nitrogen and oxygen atoms in total. The molecule has 0 radical (unpaired) electrons. The first-order valence-corrected chi connectivity index (χ1v) is 8.25. The van der Waals surface area contributed by atoms with Crippen LogP contribution in [0.5, 0.6) is 0 Å². The van der Waals surface area contributed by atoms with Crippen LogP contribution < -0.4 is 10.2 Å². The average Bonchev–Trinajstić information content (AvgIpc) is 3.39. The van der Waals surface area contributed by atoms with Crippen LogP contribution in [0.3, 0.4) is 0 Å². The third kappa shape index (κ3) is 4.68.